The summed E-state index contributed by atoms with van der Waals surface area (Å²) in [6, 6.07) is 9.14. The minimum absolute atomic E-state index is 0.0531. The third-order valence-electron chi connectivity index (χ3n) is 3.41. The Morgan fingerprint density at radius 2 is 1.71 bits per heavy atom. The molecule has 1 amide bonds. The zero-order valence-electron chi connectivity index (χ0n) is 13.3. The zero-order valence-corrected chi connectivity index (χ0v) is 15.6. The van der Waals surface area contributed by atoms with Crippen LogP contribution in [0.25, 0.3) is 0 Å². The Kier molecular flexibility index (Phi) is 5.55. The normalized spacial score (nSPS) is 11.6. The Labute approximate surface area is 151 Å². The van der Waals surface area contributed by atoms with Crippen LogP contribution >= 0.6 is 23.2 Å². The molecule has 0 unspecified atom stereocenters. The van der Waals surface area contributed by atoms with E-state index < -0.39 is 15.9 Å². The first kappa shape index (κ1) is 18.7. The molecule has 2 rings (SSSR count). The van der Waals surface area contributed by atoms with Gasteiger partial charge in [0, 0.05) is 25.3 Å². The minimum atomic E-state index is -3.62. The van der Waals surface area contributed by atoms with Crippen molar-refractivity contribution >= 4 is 44.8 Å². The molecule has 2 aromatic carbocycles. The lowest BCUT2D eigenvalue weighted by atomic mass is 10.1. The molecule has 0 aliphatic carbocycles. The summed E-state index contributed by atoms with van der Waals surface area (Å²) in [5.41, 5.74) is 1.39. The Bertz CT molecular complexity index is 896. The largest absolute Gasteiger partial charge is 0.322 e. The SMILES string of the molecule is Cc1ccc(S(=O)(=O)N(C)C)cc1C(=O)Nc1ccc(Cl)c(Cl)c1. The number of carbonyl (C=O) groups is 1. The van der Waals surface area contributed by atoms with E-state index in [0.29, 0.717) is 21.3 Å². The van der Waals surface area contributed by atoms with Crippen molar-refractivity contribution in [3.8, 4) is 0 Å². The molecule has 0 atom stereocenters. The first-order valence-electron chi connectivity index (χ1n) is 6.92. The Morgan fingerprint density at radius 1 is 1.04 bits per heavy atom. The second kappa shape index (κ2) is 7.11. The highest BCUT2D eigenvalue weighted by atomic mass is 35.5. The summed E-state index contributed by atoms with van der Waals surface area (Å²) in [6.07, 6.45) is 0. The van der Waals surface area contributed by atoms with Gasteiger partial charge in [0.25, 0.3) is 5.91 Å². The quantitative estimate of drug-likeness (QED) is 0.868. The van der Waals surface area contributed by atoms with Crippen LogP contribution in [0.1, 0.15) is 15.9 Å². The number of nitrogens with one attached hydrogen (secondary N) is 1. The Hall–Kier alpha value is -1.60. The van der Waals surface area contributed by atoms with Crippen molar-refractivity contribution in [1.82, 2.24) is 4.31 Å². The van der Waals surface area contributed by atoms with E-state index in [2.05, 4.69) is 5.32 Å². The van der Waals surface area contributed by atoms with Gasteiger partial charge in [-0.3, -0.25) is 4.79 Å². The maximum atomic E-state index is 12.5. The molecule has 1 N–H and O–H groups in total. The lowest BCUT2D eigenvalue weighted by molar-refractivity contribution is 0.102. The molecule has 8 heteroatoms. The highest BCUT2D eigenvalue weighted by Crippen LogP contribution is 2.26. The number of rotatable bonds is 4. The monoisotopic (exact) mass is 386 g/mol. The van der Waals surface area contributed by atoms with E-state index in [9.17, 15) is 13.2 Å². The zero-order chi connectivity index (χ0) is 18.1. The summed E-state index contributed by atoms with van der Waals surface area (Å²) < 4.78 is 25.5. The number of benzene rings is 2. The second-order valence-electron chi connectivity index (χ2n) is 5.35. The van der Waals surface area contributed by atoms with Crippen LogP contribution in [-0.4, -0.2) is 32.7 Å². The van der Waals surface area contributed by atoms with Crippen LogP contribution in [0.15, 0.2) is 41.3 Å². The van der Waals surface area contributed by atoms with Gasteiger partial charge in [0.15, 0.2) is 0 Å². The molecule has 0 heterocycles. The summed E-state index contributed by atoms with van der Waals surface area (Å²) in [6.45, 7) is 1.73. The van der Waals surface area contributed by atoms with Gasteiger partial charge >= 0.3 is 0 Å². The van der Waals surface area contributed by atoms with Crippen molar-refractivity contribution in [2.75, 3.05) is 19.4 Å². The van der Waals surface area contributed by atoms with Gasteiger partial charge in [-0.05, 0) is 42.8 Å². The average Bonchev–Trinajstić information content (AvgIpc) is 2.51. The lowest BCUT2D eigenvalue weighted by Crippen LogP contribution is -2.23. The number of halogens is 2. The third kappa shape index (κ3) is 3.89. The van der Waals surface area contributed by atoms with Crippen molar-refractivity contribution in [3.63, 3.8) is 0 Å². The molecule has 0 saturated heterocycles. The number of anilines is 1. The van der Waals surface area contributed by atoms with Gasteiger partial charge in [0.2, 0.25) is 10.0 Å². The maximum absolute atomic E-state index is 12.5. The number of carbonyl (C=O) groups excluding carboxylic acids is 1. The topological polar surface area (TPSA) is 66.5 Å². The van der Waals surface area contributed by atoms with Crippen molar-refractivity contribution in [1.29, 1.82) is 0 Å². The molecule has 0 aromatic heterocycles. The number of amides is 1. The molecule has 0 bridgehead atoms. The van der Waals surface area contributed by atoms with E-state index in [1.807, 2.05) is 0 Å². The fourth-order valence-corrected chi connectivity index (χ4v) is 3.22. The molecule has 0 fully saturated rings. The van der Waals surface area contributed by atoms with Crippen LogP contribution in [0.2, 0.25) is 10.0 Å². The number of sulfonamides is 1. The fourth-order valence-electron chi connectivity index (χ4n) is 1.99. The van der Waals surface area contributed by atoms with Crippen LogP contribution in [0.5, 0.6) is 0 Å². The smallest absolute Gasteiger partial charge is 0.255 e. The predicted octanol–water partition coefficient (Wildman–Crippen LogP) is 3.80. The van der Waals surface area contributed by atoms with Crippen molar-refractivity contribution < 1.29 is 13.2 Å². The first-order chi connectivity index (χ1) is 11.1. The molecular weight excluding hydrogens is 371 g/mol. The molecule has 0 spiro atoms. The number of nitrogens with zero attached hydrogens (tertiary/aromatic N) is 1. The van der Waals surface area contributed by atoms with E-state index >= 15 is 0 Å². The number of aryl methyl sites for hydroxylation is 1. The molecule has 0 aliphatic heterocycles. The standard InChI is InChI=1S/C16H16Cl2N2O3S/c1-10-4-6-12(24(22,23)20(2)3)9-13(10)16(21)19-11-5-7-14(17)15(18)8-11/h4-9H,1-3H3,(H,19,21). The lowest BCUT2D eigenvalue weighted by Gasteiger charge is -2.14. The van der Waals surface area contributed by atoms with E-state index in [1.54, 1.807) is 25.1 Å². The van der Waals surface area contributed by atoms with E-state index in [4.69, 9.17) is 23.2 Å². The summed E-state index contributed by atoms with van der Waals surface area (Å²) in [7, 11) is -0.750. The van der Waals surface area contributed by atoms with Gasteiger partial charge < -0.3 is 5.32 Å². The van der Waals surface area contributed by atoms with E-state index in [0.717, 1.165) is 4.31 Å². The summed E-state index contributed by atoms with van der Waals surface area (Å²) >= 11 is 11.8. The molecule has 128 valence electrons. The van der Waals surface area contributed by atoms with Crippen LogP contribution < -0.4 is 5.32 Å². The van der Waals surface area contributed by atoms with Gasteiger partial charge in [-0.1, -0.05) is 29.3 Å². The highest BCUT2D eigenvalue weighted by Gasteiger charge is 2.20. The van der Waals surface area contributed by atoms with Crippen LogP contribution in [0.3, 0.4) is 0 Å². The molecular formula is C16H16Cl2N2O3S. The molecule has 24 heavy (non-hydrogen) atoms. The van der Waals surface area contributed by atoms with Crippen molar-refractivity contribution in [3.05, 3.63) is 57.6 Å². The third-order valence-corrected chi connectivity index (χ3v) is 5.96. The maximum Gasteiger partial charge on any atom is 0.255 e. The van der Waals surface area contributed by atoms with Gasteiger partial charge in [-0.25, -0.2) is 12.7 Å². The number of hydrogen-bond donors (Lipinski definition) is 1. The predicted molar refractivity (Wildman–Crippen MR) is 96.5 cm³/mol. The molecule has 0 radical (unpaired) electrons. The molecule has 2 aromatic rings. The van der Waals surface area contributed by atoms with E-state index in [1.165, 1.54) is 32.3 Å². The minimum Gasteiger partial charge on any atom is -0.322 e. The van der Waals surface area contributed by atoms with Gasteiger partial charge in [0.05, 0.1) is 14.9 Å². The van der Waals surface area contributed by atoms with E-state index in [-0.39, 0.29) is 10.5 Å². The second-order valence-corrected chi connectivity index (χ2v) is 8.31. The summed E-state index contributed by atoms with van der Waals surface area (Å²) in [5, 5.41) is 3.38. The molecule has 0 aliphatic rings. The van der Waals surface area contributed by atoms with Gasteiger partial charge in [-0.2, -0.15) is 0 Å². The first-order valence-corrected chi connectivity index (χ1v) is 9.12. The van der Waals surface area contributed by atoms with Crippen LogP contribution in [0.4, 0.5) is 5.69 Å². The Balaban J connectivity index is 2.37. The van der Waals surface area contributed by atoms with Crippen molar-refractivity contribution in [2.24, 2.45) is 0 Å². The van der Waals surface area contributed by atoms with Crippen molar-refractivity contribution in [2.45, 2.75) is 11.8 Å². The van der Waals surface area contributed by atoms with Crippen LogP contribution in [0, 0.1) is 6.92 Å². The Morgan fingerprint density at radius 3 is 2.29 bits per heavy atom. The average molecular weight is 387 g/mol. The summed E-state index contributed by atoms with van der Waals surface area (Å²) in [5.74, 6) is -0.429. The fraction of sp³-hybridized carbons (Fsp3) is 0.188. The highest BCUT2D eigenvalue weighted by molar-refractivity contribution is 7.89. The van der Waals surface area contributed by atoms with Crippen LogP contribution in [-0.2, 0) is 10.0 Å². The molecule has 5 nitrogen and oxygen atoms in total. The number of hydrogen-bond acceptors (Lipinski definition) is 3. The van der Waals surface area contributed by atoms with Gasteiger partial charge in [0.1, 0.15) is 0 Å². The summed E-state index contributed by atoms with van der Waals surface area (Å²) in [4.78, 5) is 12.5. The van der Waals surface area contributed by atoms with Gasteiger partial charge in [-0.15, -0.1) is 0 Å². The molecule has 0 saturated carbocycles.